The van der Waals surface area contributed by atoms with Gasteiger partial charge in [-0.25, -0.2) is 14.2 Å². The largest absolute Gasteiger partial charge is 0.462 e. The van der Waals surface area contributed by atoms with Crippen LogP contribution < -0.4 is 10.1 Å². The Bertz CT molecular complexity index is 1590. The van der Waals surface area contributed by atoms with Crippen molar-refractivity contribution in [2.45, 2.75) is 20.8 Å². The summed E-state index contributed by atoms with van der Waals surface area (Å²) in [6, 6.07) is 14.8. The van der Waals surface area contributed by atoms with Crippen LogP contribution in [0.5, 0.6) is 0 Å². The SMILES string of the molecule is CCOC(=O)c1ccc(-c2ccc(/C=c3\sc4nc5c(C)cc(C)cc5n4c3=O)o2)cc1. The Morgan fingerprint density at radius 3 is 2.69 bits per heavy atom. The van der Waals surface area contributed by atoms with Gasteiger partial charge >= 0.3 is 5.97 Å². The van der Waals surface area contributed by atoms with Gasteiger partial charge in [-0.2, -0.15) is 0 Å². The van der Waals surface area contributed by atoms with Crippen molar-refractivity contribution in [3.63, 3.8) is 0 Å². The highest BCUT2D eigenvalue weighted by Crippen LogP contribution is 2.24. The lowest BCUT2D eigenvalue weighted by Crippen LogP contribution is -2.22. The highest BCUT2D eigenvalue weighted by Gasteiger charge is 2.14. The summed E-state index contributed by atoms with van der Waals surface area (Å²) >= 11 is 1.35. The fourth-order valence-corrected chi connectivity index (χ4v) is 4.77. The van der Waals surface area contributed by atoms with E-state index >= 15 is 0 Å². The molecule has 0 bridgehead atoms. The van der Waals surface area contributed by atoms with E-state index in [4.69, 9.17) is 9.15 Å². The molecule has 0 aliphatic rings. The molecule has 6 nitrogen and oxygen atoms in total. The normalized spacial score (nSPS) is 12.2. The third-order valence-electron chi connectivity index (χ3n) is 5.26. The Hall–Kier alpha value is -3.71. The zero-order valence-corrected chi connectivity index (χ0v) is 18.7. The molecule has 0 unspecified atom stereocenters. The minimum atomic E-state index is -0.351. The maximum atomic E-state index is 13.1. The molecule has 0 aliphatic carbocycles. The van der Waals surface area contributed by atoms with Crippen LogP contribution >= 0.6 is 11.3 Å². The van der Waals surface area contributed by atoms with Gasteiger partial charge in [0.05, 0.1) is 23.2 Å². The predicted octanol–water partition coefficient (Wildman–Crippen LogP) is 4.51. The van der Waals surface area contributed by atoms with E-state index in [-0.39, 0.29) is 11.5 Å². The number of nitrogens with zero attached hydrogens (tertiary/aromatic N) is 2. The summed E-state index contributed by atoms with van der Waals surface area (Å²) in [4.78, 5) is 30.2. The number of rotatable bonds is 4. The molecule has 0 fully saturated rings. The van der Waals surface area contributed by atoms with Gasteiger partial charge < -0.3 is 9.15 Å². The van der Waals surface area contributed by atoms with Crippen LogP contribution in [-0.4, -0.2) is 22.0 Å². The maximum absolute atomic E-state index is 13.1. The van der Waals surface area contributed by atoms with Crippen molar-refractivity contribution in [3.8, 4) is 11.3 Å². The molecule has 3 heterocycles. The summed E-state index contributed by atoms with van der Waals surface area (Å²) in [7, 11) is 0. The van der Waals surface area contributed by atoms with Crippen molar-refractivity contribution in [2.24, 2.45) is 0 Å². The van der Waals surface area contributed by atoms with Gasteiger partial charge in [0.2, 0.25) is 0 Å². The minimum absolute atomic E-state index is 0.103. The second-order valence-corrected chi connectivity index (χ2v) is 8.60. The van der Waals surface area contributed by atoms with Crippen LogP contribution in [0.15, 0.2) is 57.7 Å². The number of furan rings is 1. The van der Waals surface area contributed by atoms with Crippen LogP contribution in [0.2, 0.25) is 0 Å². The molecular formula is C25H20N2O4S. The fourth-order valence-electron chi connectivity index (χ4n) is 3.81. The first-order chi connectivity index (χ1) is 15.4. The molecule has 0 atom stereocenters. The number of hydrogen-bond donors (Lipinski definition) is 0. The number of benzene rings is 2. The van der Waals surface area contributed by atoms with Crippen LogP contribution in [0, 0.1) is 13.8 Å². The van der Waals surface area contributed by atoms with Crippen molar-refractivity contribution in [1.82, 2.24) is 9.38 Å². The smallest absolute Gasteiger partial charge is 0.338 e. The molecule has 0 saturated heterocycles. The molecule has 0 spiro atoms. The first-order valence-corrected chi connectivity index (χ1v) is 11.1. The van der Waals surface area contributed by atoms with Crippen LogP contribution in [0.3, 0.4) is 0 Å². The lowest BCUT2D eigenvalue weighted by molar-refractivity contribution is 0.0526. The number of esters is 1. The molecule has 0 saturated carbocycles. The number of imidazole rings is 1. The van der Waals surface area contributed by atoms with Crippen molar-refractivity contribution in [3.05, 3.63) is 85.9 Å². The number of hydrogen-bond acceptors (Lipinski definition) is 6. The lowest BCUT2D eigenvalue weighted by Gasteiger charge is -2.02. The van der Waals surface area contributed by atoms with E-state index in [0.29, 0.717) is 33.2 Å². The summed E-state index contributed by atoms with van der Waals surface area (Å²) < 4.78 is 13.2. The molecule has 0 N–H and O–H groups in total. The second kappa shape index (κ2) is 7.76. The van der Waals surface area contributed by atoms with Gasteiger partial charge in [-0.3, -0.25) is 4.79 Å². The van der Waals surface area contributed by atoms with E-state index in [1.807, 2.05) is 44.2 Å². The number of ether oxygens (including phenoxy) is 1. The topological polar surface area (TPSA) is 73.8 Å². The van der Waals surface area contributed by atoms with Crippen LogP contribution in [0.25, 0.3) is 33.4 Å². The van der Waals surface area contributed by atoms with Gasteiger partial charge in [0.1, 0.15) is 16.1 Å². The first-order valence-electron chi connectivity index (χ1n) is 10.3. The predicted molar refractivity (Wildman–Crippen MR) is 125 cm³/mol. The minimum Gasteiger partial charge on any atom is -0.462 e. The van der Waals surface area contributed by atoms with Crippen molar-refractivity contribution in [2.75, 3.05) is 6.61 Å². The lowest BCUT2D eigenvalue weighted by atomic mass is 10.1. The molecule has 5 rings (SSSR count). The maximum Gasteiger partial charge on any atom is 0.338 e. The molecule has 32 heavy (non-hydrogen) atoms. The standard InChI is InChI=1S/C25H20N2O4S/c1-4-30-24(29)17-7-5-16(6-8-17)20-10-9-18(31-20)13-21-23(28)27-19-12-14(2)11-15(3)22(19)26-25(27)32-21/h5-13H,4H2,1-3H3/b21-13-. The van der Waals surface area contributed by atoms with Gasteiger partial charge in [0.25, 0.3) is 5.56 Å². The van der Waals surface area contributed by atoms with E-state index in [1.54, 1.807) is 29.5 Å². The van der Waals surface area contributed by atoms with Gasteiger partial charge in [0.15, 0.2) is 4.96 Å². The highest BCUT2D eigenvalue weighted by atomic mass is 32.1. The van der Waals surface area contributed by atoms with Crippen LogP contribution in [0.1, 0.15) is 34.2 Å². The molecule has 2 aromatic carbocycles. The van der Waals surface area contributed by atoms with E-state index < -0.39 is 0 Å². The molecule has 0 amide bonds. The Morgan fingerprint density at radius 1 is 1.16 bits per heavy atom. The Morgan fingerprint density at radius 2 is 1.94 bits per heavy atom. The van der Waals surface area contributed by atoms with E-state index in [2.05, 4.69) is 11.1 Å². The number of aromatic nitrogens is 2. The van der Waals surface area contributed by atoms with Gasteiger partial charge in [-0.1, -0.05) is 29.5 Å². The Labute approximate surface area is 187 Å². The molecule has 0 aliphatic heterocycles. The van der Waals surface area contributed by atoms with Gasteiger partial charge in [0, 0.05) is 11.6 Å². The zero-order chi connectivity index (χ0) is 22.4. The molecule has 160 valence electrons. The summed E-state index contributed by atoms with van der Waals surface area (Å²) in [6.07, 6.45) is 1.74. The number of thiazole rings is 1. The number of aryl methyl sites for hydroxylation is 2. The average Bonchev–Trinajstić information content (AvgIpc) is 3.45. The number of fused-ring (bicyclic) bond motifs is 3. The molecule has 0 radical (unpaired) electrons. The Kier molecular flexibility index (Phi) is 4.90. The first kappa shape index (κ1) is 20.2. The molecule has 3 aromatic heterocycles. The van der Waals surface area contributed by atoms with E-state index in [1.165, 1.54) is 11.3 Å². The summed E-state index contributed by atoms with van der Waals surface area (Å²) in [5.74, 6) is 0.876. The summed E-state index contributed by atoms with van der Waals surface area (Å²) in [5.41, 5.74) is 5.07. The Balaban J connectivity index is 1.51. The monoisotopic (exact) mass is 444 g/mol. The van der Waals surface area contributed by atoms with E-state index in [9.17, 15) is 9.59 Å². The number of carbonyl (C=O) groups is 1. The molecule has 5 aromatic rings. The van der Waals surface area contributed by atoms with Gasteiger partial charge in [-0.15, -0.1) is 0 Å². The van der Waals surface area contributed by atoms with Crippen molar-refractivity contribution in [1.29, 1.82) is 0 Å². The quantitative estimate of drug-likeness (QED) is 0.381. The fraction of sp³-hybridized carbons (Fsp3) is 0.160. The molecular weight excluding hydrogens is 424 g/mol. The number of carbonyl (C=O) groups excluding carboxylic acids is 1. The van der Waals surface area contributed by atoms with Gasteiger partial charge in [-0.05, 0) is 62.2 Å². The summed E-state index contributed by atoms with van der Waals surface area (Å²) in [5, 5.41) is 0. The highest BCUT2D eigenvalue weighted by molar-refractivity contribution is 7.15. The third kappa shape index (κ3) is 3.40. The third-order valence-corrected chi connectivity index (χ3v) is 6.23. The average molecular weight is 445 g/mol. The van der Waals surface area contributed by atoms with Crippen molar-refractivity contribution < 1.29 is 13.9 Å². The van der Waals surface area contributed by atoms with Crippen LogP contribution in [0.4, 0.5) is 0 Å². The summed E-state index contributed by atoms with van der Waals surface area (Å²) in [6.45, 7) is 6.13. The van der Waals surface area contributed by atoms with E-state index in [0.717, 1.165) is 27.7 Å². The molecule has 7 heteroatoms. The van der Waals surface area contributed by atoms with Crippen molar-refractivity contribution >= 4 is 39.4 Å². The van der Waals surface area contributed by atoms with Crippen LogP contribution in [-0.2, 0) is 4.74 Å². The zero-order valence-electron chi connectivity index (χ0n) is 17.8. The second-order valence-electron chi connectivity index (χ2n) is 7.59.